The predicted molar refractivity (Wildman–Crippen MR) is 69.5 cm³/mol. The Kier molecular flexibility index (Phi) is 2.51. The number of nitrogens with one attached hydrogen (secondary N) is 1. The summed E-state index contributed by atoms with van der Waals surface area (Å²) in [5.74, 6) is 2.78. The normalized spacial score (nSPS) is 17.1. The first-order chi connectivity index (χ1) is 8.72. The smallest absolute Gasteiger partial charge is 0.132 e. The molecule has 2 aromatic rings. The highest BCUT2D eigenvalue weighted by Crippen LogP contribution is 2.33. The average molecular weight is 242 g/mol. The van der Waals surface area contributed by atoms with Gasteiger partial charge in [-0.15, -0.1) is 0 Å². The molecular formula is C13H14N4O. The Bertz CT molecular complexity index is 565. The van der Waals surface area contributed by atoms with Crippen LogP contribution >= 0.6 is 0 Å². The lowest BCUT2D eigenvalue weighted by atomic mass is 10.1. The number of nitrogens with zero attached hydrogens (tertiary/aromatic N) is 2. The molecule has 1 atom stereocenters. The predicted octanol–water partition coefficient (Wildman–Crippen LogP) is 1.91. The van der Waals surface area contributed by atoms with Gasteiger partial charge in [0.2, 0.25) is 0 Å². The molecule has 0 amide bonds. The van der Waals surface area contributed by atoms with Gasteiger partial charge in [0.1, 0.15) is 29.8 Å². The van der Waals surface area contributed by atoms with Gasteiger partial charge in [0, 0.05) is 11.6 Å². The number of benzene rings is 1. The van der Waals surface area contributed by atoms with Crippen LogP contribution < -0.4 is 15.8 Å². The van der Waals surface area contributed by atoms with Crippen LogP contribution in [0.1, 0.15) is 17.4 Å². The Labute approximate surface area is 105 Å². The zero-order valence-electron chi connectivity index (χ0n) is 10.1. The number of aromatic nitrogens is 2. The van der Waals surface area contributed by atoms with E-state index >= 15 is 0 Å². The molecule has 0 saturated carbocycles. The Morgan fingerprint density at radius 2 is 2.17 bits per heavy atom. The van der Waals surface area contributed by atoms with Crippen LogP contribution in [0.25, 0.3) is 0 Å². The minimum Gasteiger partial charge on any atom is -0.491 e. The van der Waals surface area contributed by atoms with Crippen LogP contribution in [0.15, 0.2) is 30.3 Å². The second kappa shape index (κ2) is 4.18. The molecule has 3 N–H and O–H groups in total. The number of hydrogen-bond donors (Lipinski definition) is 2. The van der Waals surface area contributed by atoms with Crippen molar-refractivity contribution in [2.45, 2.75) is 13.0 Å². The molecule has 5 heteroatoms. The number of ether oxygens (including phenoxy) is 1. The van der Waals surface area contributed by atoms with Crippen molar-refractivity contribution in [1.29, 1.82) is 0 Å². The molecule has 1 aromatic heterocycles. The molecule has 3 rings (SSSR count). The molecule has 1 unspecified atom stereocenters. The van der Waals surface area contributed by atoms with Gasteiger partial charge >= 0.3 is 0 Å². The second-order valence-corrected chi connectivity index (χ2v) is 4.27. The van der Waals surface area contributed by atoms with E-state index in [9.17, 15) is 0 Å². The minimum absolute atomic E-state index is 0.106. The van der Waals surface area contributed by atoms with E-state index in [2.05, 4.69) is 21.4 Å². The van der Waals surface area contributed by atoms with Crippen LogP contribution in [0, 0.1) is 6.92 Å². The van der Waals surface area contributed by atoms with E-state index in [4.69, 9.17) is 10.5 Å². The third-order valence-corrected chi connectivity index (χ3v) is 2.88. The Morgan fingerprint density at radius 1 is 1.33 bits per heavy atom. The first kappa shape index (κ1) is 10.8. The van der Waals surface area contributed by atoms with Gasteiger partial charge in [-0.25, -0.2) is 9.97 Å². The summed E-state index contributed by atoms with van der Waals surface area (Å²) in [6.45, 7) is 2.42. The maximum absolute atomic E-state index is 5.71. The van der Waals surface area contributed by atoms with E-state index in [1.165, 1.54) is 0 Å². The molecule has 1 aromatic carbocycles. The molecule has 92 valence electrons. The largest absolute Gasteiger partial charge is 0.491 e. The standard InChI is InChI=1S/C13H14N4O/c1-8-15-12(14)6-13(16-8)17-10-7-18-11-5-3-2-4-9(10)11/h2-6,10H,7H2,1H3,(H3,14,15,16,17). The summed E-state index contributed by atoms with van der Waals surface area (Å²) in [4.78, 5) is 8.36. The molecule has 5 nitrogen and oxygen atoms in total. The van der Waals surface area contributed by atoms with Gasteiger partial charge < -0.3 is 15.8 Å². The van der Waals surface area contributed by atoms with Crippen LogP contribution in [-0.4, -0.2) is 16.6 Å². The monoisotopic (exact) mass is 242 g/mol. The van der Waals surface area contributed by atoms with Crippen LogP contribution in [0.4, 0.5) is 11.6 Å². The molecule has 0 bridgehead atoms. The van der Waals surface area contributed by atoms with E-state index in [-0.39, 0.29) is 6.04 Å². The van der Waals surface area contributed by atoms with Crippen molar-refractivity contribution in [2.75, 3.05) is 17.7 Å². The number of nitrogen functional groups attached to an aromatic ring is 1. The first-order valence-electron chi connectivity index (χ1n) is 5.82. The molecule has 0 spiro atoms. The SMILES string of the molecule is Cc1nc(N)cc(NC2COc3ccccc32)n1. The molecule has 18 heavy (non-hydrogen) atoms. The lowest BCUT2D eigenvalue weighted by Crippen LogP contribution is -2.14. The summed E-state index contributed by atoms with van der Waals surface area (Å²) in [6.07, 6.45) is 0. The maximum atomic E-state index is 5.71. The number of aryl methyl sites for hydroxylation is 1. The molecule has 0 radical (unpaired) electrons. The molecule has 0 fully saturated rings. The number of rotatable bonds is 2. The first-order valence-corrected chi connectivity index (χ1v) is 5.82. The van der Waals surface area contributed by atoms with Crippen molar-refractivity contribution >= 4 is 11.6 Å². The van der Waals surface area contributed by atoms with Gasteiger partial charge in [-0.2, -0.15) is 0 Å². The quantitative estimate of drug-likeness (QED) is 0.841. The maximum Gasteiger partial charge on any atom is 0.132 e. The third kappa shape index (κ3) is 1.95. The molecule has 0 aliphatic carbocycles. The molecule has 1 aliphatic rings. The highest BCUT2D eigenvalue weighted by Gasteiger charge is 2.23. The van der Waals surface area contributed by atoms with Crippen molar-refractivity contribution in [1.82, 2.24) is 9.97 Å². The van der Waals surface area contributed by atoms with E-state index in [1.54, 1.807) is 6.07 Å². The van der Waals surface area contributed by atoms with Crippen molar-refractivity contribution in [3.05, 3.63) is 41.7 Å². The summed E-state index contributed by atoms with van der Waals surface area (Å²) in [7, 11) is 0. The van der Waals surface area contributed by atoms with Crippen LogP contribution in [0.5, 0.6) is 5.75 Å². The van der Waals surface area contributed by atoms with Crippen LogP contribution in [0.3, 0.4) is 0 Å². The van der Waals surface area contributed by atoms with E-state index in [0.717, 1.165) is 17.1 Å². The number of nitrogens with two attached hydrogens (primary N) is 1. The van der Waals surface area contributed by atoms with Crippen molar-refractivity contribution < 1.29 is 4.74 Å². The van der Waals surface area contributed by atoms with Crippen molar-refractivity contribution in [3.63, 3.8) is 0 Å². The van der Waals surface area contributed by atoms with E-state index in [1.807, 2.05) is 25.1 Å². The topological polar surface area (TPSA) is 73.1 Å². The lowest BCUT2D eigenvalue weighted by molar-refractivity contribution is 0.339. The zero-order chi connectivity index (χ0) is 12.5. The minimum atomic E-state index is 0.106. The Morgan fingerprint density at radius 3 is 3.00 bits per heavy atom. The highest BCUT2D eigenvalue weighted by atomic mass is 16.5. The molecule has 2 heterocycles. The summed E-state index contributed by atoms with van der Waals surface area (Å²) in [5, 5.41) is 3.32. The number of anilines is 2. The average Bonchev–Trinajstić information content (AvgIpc) is 2.72. The second-order valence-electron chi connectivity index (χ2n) is 4.27. The van der Waals surface area contributed by atoms with Crippen molar-refractivity contribution in [2.24, 2.45) is 0 Å². The molecule has 0 saturated heterocycles. The van der Waals surface area contributed by atoms with Gasteiger partial charge in [-0.1, -0.05) is 18.2 Å². The van der Waals surface area contributed by atoms with E-state index < -0.39 is 0 Å². The van der Waals surface area contributed by atoms with Crippen LogP contribution in [-0.2, 0) is 0 Å². The number of hydrogen-bond acceptors (Lipinski definition) is 5. The van der Waals surface area contributed by atoms with Gasteiger partial charge in [-0.3, -0.25) is 0 Å². The fourth-order valence-electron chi connectivity index (χ4n) is 2.13. The Balaban J connectivity index is 1.86. The third-order valence-electron chi connectivity index (χ3n) is 2.88. The van der Waals surface area contributed by atoms with Gasteiger partial charge in [0.15, 0.2) is 0 Å². The summed E-state index contributed by atoms with van der Waals surface area (Å²) in [6, 6.07) is 9.83. The zero-order valence-corrected chi connectivity index (χ0v) is 10.1. The summed E-state index contributed by atoms with van der Waals surface area (Å²) in [5.41, 5.74) is 6.85. The Hall–Kier alpha value is -2.30. The van der Waals surface area contributed by atoms with Crippen LogP contribution in [0.2, 0.25) is 0 Å². The number of fused-ring (bicyclic) bond motifs is 1. The molecular weight excluding hydrogens is 228 g/mol. The van der Waals surface area contributed by atoms with Gasteiger partial charge in [0.05, 0.1) is 6.04 Å². The van der Waals surface area contributed by atoms with E-state index in [0.29, 0.717) is 18.2 Å². The summed E-state index contributed by atoms with van der Waals surface area (Å²) < 4.78 is 5.61. The number of para-hydroxylation sites is 1. The van der Waals surface area contributed by atoms with Gasteiger partial charge in [-0.05, 0) is 13.0 Å². The lowest BCUT2D eigenvalue weighted by Gasteiger charge is -2.12. The highest BCUT2D eigenvalue weighted by molar-refractivity contribution is 5.49. The van der Waals surface area contributed by atoms with Gasteiger partial charge in [0.25, 0.3) is 0 Å². The fraction of sp³-hybridized carbons (Fsp3) is 0.231. The molecule has 1 aliphatic heterocycles. The fourth-order valence-corrected chi connectivity index (χ4v) is 2.13. The summed E-state index contributed by atoms with van der Waals surface area (Å²) >= 11 is 0. The van der Waals surface area contributed by atoms with Crippen molar-refractivity contribution in [3.8, 4) is 5.75 Å².